The van der Waals surface area contributed by atoms with Crippen LogP contribution in [0.15, 0.2) is 30.5 Å². The molecule has 1 amide bonds. The molecule has 0 spiro atoms. The van der Waals surface area contributed by atoms with E-state index in [0.717, 1.165) is 11.1 Å². The number of anilines is 1. The van der Waals surface area contributed by atoms with Crippen LogP contribution in [0.3, 0.4) is 0 Å². The van der Waals surface area contributed by atoms with Gasteiger partial charge in [0.05, 0.1) is 29.2 Å². The van der Waals surface area contributed by atoms with Crippen molar-refractivity contribution < 1.29 is 9.53 Å². The van der Waals surface area contributed by atoms with E-state index in [1.807, 2.05) is 26.0 Å². The van der Waals surface area contributed by atoms with E-state index in [4.69, 9.17) is 16.3 Å². The number of nitrogens with zero attached hydrogens (tertiary/aromatic N) is 2. The molecule has 2 aromatic heterocycles. The Labute approximate surface area is 149 Å². The quantitative estimate of drug-likeness (QED) is 0.752. The number of pyridine rings is 1. The highest BCUT2D eigenvalue weighted by atomic mass is 35.5. The van der Waals surface area contributed by atoms with E-state index in [1.54, 1.807) is 18.3 Å². The molecule has 6 nitrogen and oxygen atoms in total. The summed E-state index contributed by atoms with van der Waals surface area (Å²) in [4.78, 5) is 24.4. The standard InChI is InChI=1S/C18H17ClN4O2/c1-10-5-14-16(20-7-10)23-15(22-14)12-6-11(3-4-13(12)19)21-17(24)18(2)8-25-9-18/h3-7H,8-9H2,1-2H3,(H,21,24)(H,20,22,23). The lowest BCUT2D eigenvalue weighted by Crippen LogP contribution is -2.49. The van der Waals surface area contributed by atoms with Gasteiger partial charge in [0.1, 0.15) is 5.82 Å². The first-order valence-electron chi connectivity index (χ1n) is 7.96. The van der Waals surface area contributed by atoms with Crippen molar-refractivity contribution in [1.29, 1.82) is 0 Å². The first-order valence-corrected chi connectivity index (χ1v) is 8.34. The van der Waals surface area contributed by atoms with Crippen molar-refractivity contribution in [2.75, 3.05) is 18.5 Å². The summed E-state index contributed by atoms with van der Waals surface area (Å²) >= 11 is 6.34. The van der Waals surface area contributed by atoms with Gasteiger partial charge in [-0.15, -0.1) is 0 Å². The number of carbonyl (C=O) groups is 1. The van der Waals surface area contributed by atoms with E-state index in [2.05, 4.69) is 20.3 Å². The number of carbonyl (C=O) groups excluding carboxylic acids is 1. The fourth-order valence-electron chi connectivity index (χ4n) is 2.74. The summed E-state index contributed by atoms with van der Waals surface area (Å²) in [6.07, 6.45) is 1.77. The molecular formula is C18H17ClN4O2. The molecule has 0 saturated carbocycles. The summed E-state index contributed by atoms with van der Waals surface area (Å²) in [7, 11) is 0. The van der Waals surface area contributed by atoms with Gasteiger partial charge in [0.15, 0.2) is 5.65 Å². The summed E-state index contributed by atoms with van der Waals surface area (Å²) in [5, 5.41) is 3.48. The molecule has 0 aliphatic carbocycles. The molecule has 1 aliphatic heterocycles. The van der Waals surface area contributed by atoms with Crippen LogP contribution in [-0.4, -0.2) is 34.1 Å². The predicted molar refractivity (Wildman–Crippen MR) is 96.6 cm³/mol. The van der Waals surface area contributed by atoms with E-state index in [9.17, 15) is 4.79 Å². The van der Waals surface area contributed by atoms with Crippen LogP contribution in [0, 0.1) is 12.3 Å². The zero-order valence-corrected chi connectivity index (χ0v) is 14.6. The lowest BCUT2D eigenvalue weighted by atomic mass is 9.87. The highest BCUT2D eigenvalue weighted by Gasteiger charge is 2.41. The molecule has 0 bridgehead atoms. The van der Waals surface area contributed by atoms with Crippen molar-refractivity contribution in [3.05, 3.63) is 41.0 Å². The zero-order chi connectivity index (χ0) is 17.6. The van der Waals surface area contributed by atoms with Crippen LogP contribution < -0.4 is 5.32 Å². The number of amides is 1. The second kappa shape index (κ2) is 5.82. The van der Waals surface area contributed by atoms with E-state index >= 15 is 0 Å². The Bertz CT molecular complexity index is 978. The zero-order valence-electron chi connectivity index (χ0n) is 13.9. The van der Waals surface area contributed by atoms with Crippen LogP contribution in [0.4, 0.5) is 5.69 Å². The molecule has 128 valence electrons. The molecule has 0 atom stereocenters. The van der Waals surface area contributed by atoms with Gasteiger partial charge in [-0.3, -0.25) is 4.79 Å². The third-order valence-electron chi connectivity index (χ3n) is 4.34. The smallest absolute Gasteiger partial charge is 0.234 e. The highest BCUT2D eigenvalue weighted by Crippen LogP contribution is 2.32. The molecule has 1 aliphatic rings. The van der Waals surface area contributed by atoms with Crippen molar-refractivity contribution in [3.63, 3.8) is 0 Å². The summed E-state index contributed by atoms with van der Waals surface area (Å²) in [5.74, 6) is 0.557. The average Bonchev–Trinajstić information content (AvgIpc) is 2.97. The highest BCUT2D eigenvalue weighted by molar-refractivity contribution is 6.33. The van der Waals surface area contributed by atoms with Gasteiger partial charge in [-0.05, 0) is 43.7 Å². The van der Waals surface area contributed by atoms with Gasteiger partial charge in [0.25, 0.3) is 0 Å². The maximum Gasteiger partial charge on any atom is 0.234 e. The number of ether oxygens (including phenoxy) is 1. The largest absolute Gasteiger partial charge is 0.379 e. The van der Waals surface area contributed by atoms with Gasteiger partial charge in [-0.25, -0.2) is 9.97 Å². The summed E-state index contributed by atoms with van der Waals surface area (Å²) in [6, 6.07) is 7.32. The SMILES string of the molecule is Cc1cnc2nc(-c3cc(NC(=O)C4(C)COC4)ccc3Cl)[nH]c2c1. The van der Waals surface area contributed by atoms with Gasteiger partial charge < -0.3 is 15.0 Å². The second-order valence-electron chi connectivity index (χ2n) is 6.67. The maximum atomic E-state index is 12.4. The number of imidazole rings is 1. The summed E-state index contributed by atoms with van der Waals surface area (Å²) < 4.78 is 5.15. The number of H-pyrrole nitrogens is 1. The molecule has 0 unspecified atom stereocenters. The van der Waals surface area contributed by atoms with Crippen molar-refractivity contribution in [2.24, 2.45) is 5.41 Å². The first kappa shape index (κ1) is 16.1. The minimum atomic E-state index is -0.472. The number of rotatable bonds is 3. The molecule has 1 saturated heterocycles. The minimum Gasteiger partial charge on any atom is -0.379 e. The van der Waals surface area contributed by atoms with Gasteiger partial charge >= 0.3 is 0 Å². The van der Waals surface area contributed by atoms with Crippen LogP contribution in [0.1, 0.15) is 12.5 Å². The molecule has 3 heterocycles. The predicted octanol–water partition coefficient (Wildman–Crippen LogP) is 3.56. The average molecular weight is 357 g/mol. The number of aryl methyl sites for hydroxylation is 1. The lowest BCUT2D eigenvalue weighted by Gasteiger charge is -2.36. The Morgan fingerprint density at radius 1 is 1.36 bits per heavy atom. The van der Waals surface area contributed by atoms with Crippen LogP contribution in [0.25, 0.3) is 22.6 Å². The Morgan fingerprint density at radius 2 is 2.16 bits per heavy atom. The number of nitrogens with one attached hydrogen (secondary N) is 2. The monoisotopic (exact) mass is 356 g/mol. The third kappa shape index (κ3) is 2.88. The van der Waals surface area contributed by atoms with Crippen LogP contribution >= 0.6 is 11.6 Å². The number of fused-ring (bicyclic) bond motifs is 1. The Morgan fingerprint density at radius 3 is 2.88 bits per heavy atom. The van der Waals surface area contributed by atoms with Gasteiger partial charge in [-0.1, -0.05) is 11.6 Å². The Hall–Kier alpha value is -2.44. The van der Waals surface area contributed by atoms with Gasteiger partial charge in [-0.2, -0.15) is 0 Å². The Balaban J connectivity index is 1.67. The fraction of sp³-hybridized carbons (Fsp3) is 0.278. The molecule has 3 aromatic rings. The fourth-order valence-corrected chi connectivity index (χ4v) is 2.94. The van der Waals surface area contributed by atoms with Gasteiger partial charge in [0.2, 0.25) is 5.91 Å². The number of hydrogen-bond donors (Lipinski definition) is 2. The number of hydrogen-bond acceptors (Lipinski definition) is 4. The topological polar surface area (TPSA) is 79.9 Å². The molecule has 1 fully saturated rings. The molecule has 0 radical (unpaired) electrons. The van der Waals surface area contributed by atoms with Gasteiger partial charge in [0, 0.05) is 17.4 Å². The number of benzene rings is 1. The normalized spacial score (nSPS) is 15.8. The van der Waals surface area contributed by atoms with Crippen molar-refractivity contribution in [3.8, 4) is 11.4 Å². The third-order valence-corrected chi connectivity index (χ3v) is 4.67. The molecule has 7 heteroatoms. The maximum absolute atomic E-state index is 12.4. The molecule has 25 heavy (non-hydrogen) atoms. The molecular weight excluding hydrogens is 340 g/mol. The second-order valence-corrected chi connectivity index (χ2v) is 7.08. The van der Waals surface area contributed by atoms with E-state index < -0.39 is 5.41 Å². The van der Waals surface area contributed by atoms with E-state index in [-0.39, 0.29) is 5.91 Å². The molecule has 2 N–H and O–H groups in total. The van der Waals surface area contributed by atoms with E-state index in [1.165, 1.54) is 0 Å². The van der Waals surface area contributed by atoms with Crippen molar-refractivity contribution in [1.82, 2.24) is 15.0 Å². The number of aromatic amines is 1. The first-order chi connectivity index (χ1) is 11.9. The van der Waals surface area contributed by atoms with Crippen molar-refractivity contribution >= 4 is 34.4 Å². The Kier molecular flexibility index (Phi) is 3.74. The lowest BCUT2D eigenvalue weighted by molar-refractivity contribution is -0.151. The van der Waals surface area contributed by atoms with Crippen molar-refractivity contribution in [2.45, 2.75) is 13.8 Å². The minimum absolute atomic E-state index is 0.0612. The number of halogens is 1. The van der Waals surface area contributed by atoms with Crippen LogP contribution in [0.2, 0.25) is 5.02 Å². The summed E-state index contributed by atoms with van der Waals surface area (Å²) in [6.45, 7) is 4.73. The van der Waals surface area contributed by atoms with Crippen LogP contribution in [-0.2, 0) is 9.53 Å². The molecule has 1 aromatic carbocycles. The number of aromatic nitrogens is 3. The van der Waals surface area contributed by atoms with Crippen LogP contribution in [0.5, 0.6) is 0 Å². The summed E-state index contributed by atoms with van der Waals surface area (Å²) in [5.41, 5.74) is 3.43. The van der Waals surface area contributed by atoms with E-state index in [0.29, 0.717) is 41.0 Å². The molecule has 4 rings (SSSR count).